The first-order chi connectivity index (χ1) is 14.3. The lowest BCUT2D eigenvalue weighted by molar-refractivity contribution is -0.0190. The Morgan fingerprint density at radius 2 is 1.72 bits per heavy atom. The maximum Gasteiger partial charge on any atom is 0.231 e. The van der Waals surface area contributed by atoms with Gasteiger partial charge in [0.25, 0.3) is 0 Å². The smallest absolute Gasteiger partial charge is 0.231 e. The number of halogens is 1. The Morgan fingerprint density at radius 1 is 0.897 bits per heavy atom. The third-order valence-electron chi connectivity index (χ3n) is 5.54. The van der Waals surface area contributed by atoms with Crippen LogP contribution in [0, 0.1) is 0 Å². The molecule has 2 atom stereocenters. The van der Waals surface area contributed by atoms with Gasteiger partial charge in [-0.2, -0.15) is 5.10 Å². The number of hydrogen-bond donors (Lipinski definition) is 0. The summed E-state index contributed by atoms with van der Waals surface area (Å²) in [6.45, 7) is 0.269. The van der Waals surface area contributed by atoms with Crippen LogP contribution in [0.15, 0.2) is 76.3 Å². The lowest BCUT2D eigenvalue weighted by Crippen LogP contribution is -2.33. The summed E-state index contributed by atoms with van der Waals surface area (Å²) in [5.74, 6) is 2.46. The molecule has 0 aromatic heterocycles. The van der Waals surface area contributed by atoms with E-state index in [2.05, 4.69) is 39.1 Å². The highest BCUT2D eigenvalue weighted by atomic mass is 79.9. The molecule has 6 heteroatoms. The number of benzene rings is 3. The third-order valence-corrected chi connectivity index (χ3v) is 6.04. The second-order valence-corrected chi connectivity index (χ2v) is 8.19. The van der Waals surface area contributed by atoms with E-state index >= 15 is 0 Å². The van der Waals surface area contributed by atoms with Crippen molar-refractivity contribution in [3.63, 3.8) is 0 Å². The lowest BCUT2D eigenvalue weighted by atomic mass is 9.96. The van der Waals surface area contributed by atoms with E-state index < -0.39 is 0 Å². The molecule has 29 heavy (non-hydrogen) atoms. The molecule has 0 amide bonds. The number of nitrogens with zero attached hydrogens (tertiary/aromatic N) is 2. The molecule has 3 aliphatic heterocycles. The van der Waals surface area contributed by atoms with E-state index in [9.17, 15) is 0 Å². The summed E-state index contributed by atoms with van der Waals surface area (Å²) in [6.07, 6.45) is 0.539. The highest BCUT2D eigenvalue weighted by Crippen LogP contribution is 2.48. The monoisotopic (exact) mass is 448 g/mol. The van der Waals surface area contributed by atoms with Crippen LogP contribution in [-0.2, 0) is 0 Å². The molecule has 0 saturated heterocycles. The fourth-order valence-corrected chi connectivity index (χ4v) is 4.53. The summed E-state index contributed by atoms with van der Waals surface area (Å²) >= 11 is 3.60. The fourth-order valence-electron chi connectivity index (χ4n) is 4.15. The normalized spacial score (nSPS) is 21.3. The van der Waals surface area contributed by atoms with E-state index in [1.54, 1.807) is 0 Å². The van der Waals surface area contributed by atoms with Gasteiger partial charge in [0.2, 0.25) is 13.0 Å². The number of fused-ring (bicyclic) bond motifs is 4. The summed E-state index contributed by atoms with van der Waals surface area (Å²) < 4.78 is 18.4. The van der Waals surface area contributed by atoms with Gasteiger partial charge in [-0.25, -0.2) is 5.01 Å². The van der Waals surface area contributed by atoms with Gasteiger partial charge < -0.3 is 14.2 Å². The third kappa shape index (κ3) is 2.78. The molecule has 3 aliphatic rings. The van der Waals surface area contributed by atoms with Crippen LogP contribution >= 0.6 is 15.9 Å². The first kappa shape index (κ1) is 16.9. The van der Waals surface area contributed by atoms with Crippen molar-refractivity contribution >= 4 is 21.6 Å². The van der Waals surface area contributed by atoms with Crippen molar-refractivity contribution in [3.8, 4) is 17.2 Å². The van der Waals surface area contributed by atoms with Gasteiger partial charge >= 0.3 is 0 Å². The average molecular weight is 449 g/mol. The molecule has 144 valence electrons. The maximum absolute atomic E-state index is 6.40. The van der Waals surface area contributed by atoms with E-state index in [1.165, 1.54) is 0 Å². The Balaban J connectivity index is 1.44. The molecule has 0 bridgehead atoms. The second-order valence-electron chi connectivity index (χ2n) is 7.28. The number of hydrogen-bond acceptors (Lipinski definition) is 5. The summed E-state index contributed by atoms with van der Waals surface area (Å²) in [5, 5.41) is 7.09. The molecule has 0 radical (unpaired) electrons. The molecule has 0 N–H and O–H groups in total. The minimum Gasteiger partial charge on any atom is -0.464 e. The van der Waals surface area contributed by atoms with Gasteiger partial charge in [-0.05, 0) is 36.4 Å². The van der Waals surface area contributed by atoms with Crippen LogP contribution in [0.3, 0.4) is 0 Å². The molecule has 0 aliphatic carbocycles. The summed E-state index contributed by atoms with van der Waals surface area (Å²) in [4.78, 5) is 0. The van der Waals surface area contributed by atoms with Crippen molar-refractivity contribution in [1.82, 2.24) is 5.01 Å². The molecule has 0 unspecified atom stereocenters. The molecule has 5 nitrogen and oxygen atoms in total. The summed E-state index contributed by atoms with van der Waals surface area (Å²) in [6, 6.07) is 22.6. The van der Waals surface area contributed by atoms with E-state index in [0.717, 1.165) is 50.5 Å². The van der Waals surface area contributed by atoms with E-state index in [0.29, 0.717) is 0 Å². The van der Waals surface area contributed by atoms with Crippen molar-refractivity contribution < 1.29 is 14.2 Å². The Labute approximate surface area is 176 Å². The fraction of sp³-hybridized carbons (Fsp3) is 0.174. The van der Waals surface area contributed by atoms with Gasteiger partial charge in [0, 0.05) is 27.6 Å². The van der Waals surface area contributed by atoms with Gasteiger partial charge in [0.15, 0.2) is 11.5 Å². The van der Waals surface area contributed by atoms with Crippen molar-refractivity contribution in [2.75, 3.05) is 6.79 Å². The van der Waals surface area contributed by atoms with Gasteiger partial charge in [-0.1, -0.05) is 46.3 Å². The molecule has 3 aromatic carbocycles. The first-order valence-corrected chi connectivity index (χ1v) is 10.3. The van der Waals surface area contributed by atoms with Crippen molar-refractivity contribution in [1.29, 1.82) is 0 Å². The standard InChI is InChI=1S/C23H17BrN2O3/c24-16-7-9-20-17(11-16)19-12-18(15-6-8-21-22(10-15)28-13-27-21)25-26(19)23(29-20)14-4-2-1-3-5-14/h1-11,19,23H,12-13H2/t19-,23+/m1/s1. The highest BCUT2D eigenvalue weighted by Gasteiger charge is 2.41. The predicted octanol–water partition coefficient (Wildman–Crippen LogP) is 5.42. The second kappa shape index (κ2) is 6.52. The summed E-state index contributed by atoms with van der Waals surface area (Å²) in [7, 11) is 0. The zero-order valence-corrected chi connectivity index (χ0v) is 17.0. The minimum absolute atomic E-state index is 0.113. The zero-order valence-electron chi connectivity index (χ0n) is 15.4. The van der Waals surface area contributed by atoms with Crippen LogP contribution in [0.5, 0.6) is 17.2 Å². The van der Waals surface area contributed by atoms with Crippen LogP contribution in [-0.4, -0.2) is 17.5 Å². The van der Waals surface area contributed by atoms with Crippen molar-refractivity contribution in [2.24, 2.45) is 5.10 Å². The molecule has 0 spiro atoms. The maximum atomic E-state index is 6.40. The Hall–Kier alpha value is -2.99. The summed E-state index contributed by atoms with van der Waals surface area (Å²) in [5.41, 5.74) is 4.30. The number of ether oxygens (including phenoxy) is 3. The van der Waals surface area contributed by atoms with Gasteiger partial charge in [-0.15, -0.1) is 0 Å². The highest BCUT2D eigenvalue weighted by molar-refractivity contribution is 9.10. The molecule has 0 saturated carbocycles. The van der Waals surface area contributed by atoms with Crippen molar-refractivity contribution in [2.45, 2.75) is 18.7 Å². The minimum atomic E-state index is -0.263. The van der Waals surface area contributed by atoms with E-state index in [4.69, 9.17) is 19.3 Å². The quantitative estimate of drug-likeness (QED) is 0.524. The zero-order chi connectivity index (χ0) is 19.4. The van der Waals surface area contributed by atoms with E-state index in [1.807, 2.05) is 48.5 Å². The largest absolute Gasteiger partial charge is 0.464 e. The molecule has 0 fully saturated rings. The molecule has 6 rings (SSSR count). The van der Waals surface area contributed by atoms with Crippen LogP contribution in [0.1, 0.15) is 35.4 Å². The van der Waals surface area contributed by atoms with Gasteiger partial charge in [-0.3, -0.25) is 0 Å². The number of hydrazone groups is 1. The van der Waals surface area contributed by atoms with Crippen LogP contribution < -0.4 is 14.2 Å². The van der Waals surface area contributed by atoms with Gasteiger partial charge in [0.05, 0.1) is 11.8 Å². The van der Waals surface area contributed by atoms with E-state index in [-0.39, 0.29) is 19.1 Å². The SMILES string of the molecule is Brc1ccc2c(c1)[C@H]1CC(c3ccc4c(c3)OCO4)=NN1[C@H](c1ccccc1)O2. The molecule has 3 aromatic rings. The van der Waals surface area contributed by atoms with Crippen molar-refractivity contribution in [3.05, 3.63) is 87.9 Å². The van der Waals surface area contributed by atoms with Crippen LogP contribution in [0.25, 0.3) is 0 Å². The molecule has 3 heterocycles. The average Bonchev–Trinajstić information content (AvgIpc) is 3.40. The van der Waals surface area contributed by atoms with Crippen LogP contribution in [0.2, 0.25) is 0 Å². The first-order valence-electron chi connectivity index (χ1n) is 9.53. The Bertz CT molecular complexity index is 1130. The topological polar surface area (TPSA) is 43.3 Å². The number of rotatable bonds is 2. The van der Waals surface area contributed by atoms with Gasteiger partial charge in [0.1, 0.15) is 5.75 Å². The van der Waals surface area contributed by atoms with Crippen LogP contribution in [0.4, 0.5) is 0 Å². The lowest BCUT2D eigenvalue weighted by Gasteiger charge is -2.38. The molecular weight excluding hydrogens is 432 g/mol. The molecular formula is C23H17BrN2O3. The predicted molar refractivity (Wildman–Crippen MR) is 112 cm³/mol. The Kier molecular flexibility index (Phi) is 3.81. The Morgan fingerprint density at radius 3 is 2.62 bits per heavy atom.